The molecule has 0 unspecified atom stereocenters. The van der Waals surface area contributed by atoms with Crippen LogP contribution in [0.4, 0.5) is 0 Å². The number of carbonyl (C=O) groups is 1. The number of methoxy groups -OCH3 is 1. The summed E-state index contributed by atoms with van der Waals surface area (Å²) < 4.78 is 10.7. The van der Waals surface area contributed by atoms with Crippen molar-refractivity contribution in [1.29, 1.82) is 0 Å². The molecule has 0 aliphatic rings. The summed E-state index contributed by atoms with van der Waals surface area (Å²) in [6.07, 6.45) is 0. The lowest BCUT2D eigenvalue weighted by Crippen LogP contribution is -2.23. The Morgan fingerprint density at radius 3 is 2.17 bits per heavy atom. The van der Waals surface area contributed by atoms with Crippen LogP contribution in [0.2, 0.25) is 0 Å². The second-order valence-electron chi connectivity index (χ2n) is 5.59. The first kappa shape index (κ1) is 17.0. The van der Waals surface area contributed by atoms with Gasteiger partial charge in [-0.2, -0.15) is 0 Å². The smallest absolute Gasteiger partial charge is 0.317 e. The normalized spacial score (nSPS) is 12.0. The van der Waals surface area contributed by atoms with Gasteiger partial charge in [0.15, 0.2) is 0 Å². The van der Waals surface area contributed by atoms with Gasteiger partial charge >= 0.3 is 5.97 Å². The van der Waals surface area contributed by atoms with Crippen LogP contribution in [-0.4, -0.2) is 45.2 Å². The van der Waals surface area contributed by atoms with Crippen molar-refractivity contribution < 1.29 is 14.3 Å². The van der Waals surface area contributed by atoms with Crippen LogP contribution in [0, 0.1) is 0 Å². The van der Waals surface area contributed by atoms with Crippen molar-refractivity contribution in [3.63, 3.8) is 0 Å². The van der Waals surface area contributed by atoms with Gasteiger partial charge in [0.25, 0.3) is 0 Å². The molecule has 0 radical (unpaired) electrons. The van der Waals surface area contributed by atoms with Crippen LogP contribution in [0.5, 0.6) is 5.75 Å². The van der Waals surface area contributed by atoms with Crippen molar-refractivity contribution in [2.45, 2.75) is 5.92 Å². The zero-order chi connectivity index (χ0) is 16.7. The number of ether oxygens (including phenoxy) is 2. The summed E-state index contributed by atoms with van der Waals surface area (Å²) in [7, 11) is 5.52. The number of likely N-dealkylation sites (N-methyl/N-ethyl adjacent to an activating group) is 1. The van der Waals surface area contributed by atoms with Gasteiger partial charge in [-0.25, -0.2) is 0 Å². The average Bonchev–Trinajstić information content (AvgIpc) is 2.56. The number of carbonyl (C=O) groups excluding carboxylic acids is 1. The summed E-state index contributed by atoms with van der Waals surface area (Å²) >= 11 is 0. The molecule has 2 rings (SSSR count). The fourth-order valence-electron chi connectivity index (χ4n) is 2.32. The highest BCUT2D eigenvalue weighted by molar-refractivity contribution is 5.82. The average molecular weight is 313 g/mol. The highest BCUT2D eigenvalue weighted by Crippen LogP contribution is 2.27. The highest BCUT2D eigenvalue weighted by atomic mass is 16.5. The molecule has 0 aromatic heterocycles. The Kier molecular flexibility index (Phi) is 6.18. The first-order valence-corrected chi connectivity index (χ1v) is 7.62. The van der Waals surface area contributed by atoms with Crippen LogP contribution in [0.3, 0.4) is 0 Å². The maximum atomic E-state index is 12.6. The molecular formula is C19H23NO3. The zero-order valence-corrected chi connectivity index (χ0v) is 13.9. The largest absolute Gasteiger partial charge is 0.497 e. The van der Waals surface area contributed by atoms with E-state index in [-0.39, 0.29) is 5.97 Å². The number of nitrogens with zero attached hydrogens (tertiary/aromatic N) is 1. The van der Waals surface area contributed by atoms with Crippen molar-refractivity contribution in [1.82, 2.24) is 4.90 Å². The van der Waals surface area contributed by atoms with Gasteiger partial charge in [-0.1, -0.05) is 42.5 Å². The molecule has 0 saturated carbocycles. The van der Waals surface area contributed by atoms with E-state index < -0.39 is 5.92 Å². The second kappa shape index (κ2) is 8.34. The van der Waals surface area contributed by atoms with Crippen LogP contribution in [0.15, 0.2) is 54.6 Å². The summed E-state index contributed by atoms with van der Waals surface area (Å²) in [6.45, 7) is 1.08. The Balaban J connectivity index is 2.22. The van der Waals surface area contributed by atoms with Gasteiger partial charge in [0.05, 0.1) is 7.11 Å². The molecular weight excluding hydrogens is 290 g/mol. The van der Waals surface area contributed by atoms with Crippen molar-refractivity contribution in [2.24, 2.45) is 0 Å². The predicted octanol–water partition coefficient (Wildman–Crippen LogP) is 2.93. The lowest BCUT2D eigenvalue weighted by atomic mass is 9.91. The zero-order valence-electron chi connectivity index (χ0n) is 13.9. The first-order chi connectivity index (χ1) is 11.1. The molecule has 122 valence electrons. The van der Waals surface area contributed by atoms with Crippen molar-refractivity contribution in [3.05, 3.63) is 65.7 Å². The van der Waals surface area contributed by atoms with Crippen LogP contribution >= 0.6 is 0 Å². The molecule has 0 aliphatic carbocycles. The topological polar surface area (TPSA) is 38.8 Å². The monoisotopic (exact) mass is 313 g/mol. The van der Waals surface area contributed by atoms with Gasteiger partial charge in [0, 0.05) is 6.54 Å². The van der Waals surface area contributed by atoms with Crippen molar-refractivity contribution in [2.75, 3.05) is 34.4 Å². The summed E-state index contributed by atoms with van der Waals surface area (Å²) in [5.41, 5.74) is 1.82. The third-order valence-electron chi connectivity index (χ3n) is 3.60. The molecule has 1 atom stereocenters. The van der Waals surface area contributed by atoms with Gasteiger partial charge in [-0.15, -0.1) is 0 Å². The van der Waals surface area contributed by atoms with Crippen molar-refractivity contribution >= 4 is 5.97 Å². The molecule has 2 aromatic rings. The van der Waals surface area contributed by atoms with Gasteiger partial charge in [-0.05, 0) is 37.4 Å². The minimum absolute atomic E-state index is 0.233. The van der Waals surface area contributed by atoms with Gasteiger partial charge in [-0.3, -0.25) is 4.79 Å². The van der Waals surface area contributed by atoms with E-state index in [4.69, 9.17) is 9.47 Å². The van der Waals surface area contributed by atoms with Crippen LogP contribution in [0.25, 0.3) is 0 Å². The Bertz CT molecular complexity index is 608. The Morgan fingerprint density at radius 1 is 1.00 bits per heavy atom. The van der Waals surface area contributed by atoms with E-state index in [1.54, 1.807) is 7.11 Å². The third-order valence-corrected chi connectivity index (χ3v) is 3.60. The number of hydrogen-bond donors (Lipinski definition) is 0. The fraction of sp³-hybridized carbons (Fsp3) is 0.316. The molecule has 23 heavy (non-hydrogen) atoms. The standard InChI is InChI=1S/C19H23NO3/c1-20(2)13-14-23-19(21)18(15-7-5-4-6-8-15)16-9-11-17(22-3)12-10-16/h4-12,18H,13-14H2,1-3H3/t18-/m1/s1. The maximum Gasteiger partial charge on any atom is 0.317 e. The molecule has 0 bridgehead atoms. The van der Waals surface area contributed by atoms with E-state index in [0.717, 1.165) is 16.9 Å². The van der Waals surface area contributed by atoms with E-state index in [0.29, 0.717) is 13.2 Å². The summed E-state index contributed by atoms with van der Waals surface area (Å²) in [5.74, 6) is 0.106. The molecule has 0 amide bonds. The Morgan fingerprint density at radius 2 is 1.61 bits per heavy atom. The van der Waals surface area contributed by atoms with E-state index in [2.05, 4.69) is 0 Å². The summed E-state index contributed by atoms with van der Waals surface area (Å²) in [6, 6.07) is 17.2. The quantitative estimate of drug-likeness (QED) is 0.737. The molecule has 0 spiro atoms. The van der Waals surface area contributed by atoms with Crippen LogP contribution in [0.1, 0.15) is 17.0 Å². The first-order valence-electron chi connectivity index (χ1n) is 7.62. The summed E-state index contributed by atoms with van der Waals surface area (Å²) in [4.78, 5) is 14.6. The van der Waals surface area contributed by atoms with Crippen LogP contribution in [-0.2, 0) is 9.53 Å². The van der Waals surface area contributed by atoms with E-state index in [9.17, 15) is 4.79 Å². The van der Waals surface area contributed by atoms with E-state index in [1.807, 2.05) is 73.6 Å². The molecule has 4 heteroatoms. The van der Waals surface area contributed by atoms with Crippen LogP contribution < -0.4 is 4.74 Å². The summed E-state index contributed by atoms with van der Waals surface area (Å²) in [5, 5.41) is 0. The second-order valence-corrected chi connectivity index (χ2v) is 5.59. The predicted molar refractivity (Wildman–Crippen MR) is 90.8 cm³/mol. The van der Waals surface area contributed by atoms with E-state index in [1.165, 1.54) is 0 Å². The maximum absolute atomic E-state index is 12.6. The molecule has 4 nitrogen and oxygen atoms in total. The number of hydrogen-bond acceptors (Lipinski definition) is 4. The number of esters is 1. The van der Waals surface area contributed by atoms with Gasteiger partial charge in [0.2, 0.25) is 0 Å². The minimum atomic E-state index is -0.427. The van der Waals surface area contributed by atoms with E-state index >= 15 is 0 Å². The molecule has 0 fully saturated rings. The molecule has 2 aromatic carbocycles. The van der Waals surface area contributed by atoms with Crippen molar-refractivity contribution in [3.8, 4) is 5.75 Å². The highest BCUT2D eigenvalue weighted by Gasteiger charge is 2.24. The van der Waals surface area contributed by atoms with Gasteiger partial charge in [0.1, 0.15) is 18.3 Å². The Labute approximate surface area is 137 Å². The molecule has 0 heterocycles. The minimum Gasteiger partial charge on any atom is -0.497 e. The SMILES string of the molecule is COc1ccc([C@H](C(=O)OCCN(C)C)c2ccccc2)cc1. The lowest BCUT2D eigenvalue weighted by Gasteiger charge is -2.18. The lowest BCUT2D eigenvalue weighted by molar-refractivity contribution is -0.144. The molecule has 0 aliphatic heterocycles. The number of benzene rings is 2. The molecule has 0 saturated heterocycles. The molecule has 0 N–H and O–H groups in total. The third kappa shape index (κ3) is 4.83. The number of rotatable bonds is 7. The Hall–Kier alpha value is -2.33. The fourth-order valence-corrected chi connectivity index (χ4v) is 2.32. The van der Waals surface area contributed by atoms with Gasteiger partial charge < -0.3 is 14.4 Å².